The number of benzene rings is 1. The fourth-order valence-corrected chi connectivity index (χ4v) is 2.11. The molecule has 0 aliphatic rings. The minimum atomic E-state index is -4.71. The molecule has 0 aliphatic heterocycles. The van der Waals surface area contributed by atoms with Crippen LogP contribution in [0.25, 0.3) is 11.4 Å². The summed E-state index contributed by atoms with van der Waals surface area (Å²) in [7, 11) is 0. The smallest absolute Gasteiger partial charge is 0.471 e. The molecular formula is C16H16F3N3O4. The molecule has 26 heavy (non-hydrogen) atoms. The van der Waals surface area contributed by atoms with E-state index in [1.807, 2.05) is 0 Å². The summed E-state index contributed by atoms with van der Waals surface area (Å²) in [5.74, 6) is -2.84. The van der Waals surface area contributed by atoms with Crippen LogP contribution >= 0.6 is 0 Å². The number of aliphatic carboxylic acids is 1. The standard InChI is InChI=1S/C16H16F3N3O4/c17-16(18,19)15-21-13(22-26-15)10-5-7-11(8-6-10)14(25)20-9-3-1-2-4-12(23)24/h5-8H,1-4,9H2,(H,20,25)(H,23,24). The molecule has 0 atom stereocenters. The molecule has 10 heteroatoms. The van der Waals surface area contributed by atoms with Crippen LogP contribution in [0.3, 0.4) is 0 Å². The summed E-state index contributed by atoms with van der Waals surface area (Å²) in [6.45, 7) is 0.403. The molecule has 1 aromatic heterocycles. The van der Waals surface area contributed by atoms with E-state index in [1.54, 1.807) is 0 Å². The summed E-state index contributed by atoms with van der Waals surface area (Å²) >= 11 is 0. The normalized spacial score (nSPS) is 11.3. The Balaban J connectivity index is 1.85. The minimum absolute atomic E-state index is 0.0988. The SMILES string of the molecule is O=C(O)CCCCCNC(=O)c1ccc(-c2noc(C(F)(F)F)n2)cc1. The molecule has 0 radical (unpaired) electrons. The molecule has 0 aliphatic carbocycles. The highest BCUT2D eigenvalue weighted by Crippen LogP contribution is 2.29. The zero-order valence-corrected chi connectivity index (χ0v) is 13.5. The Kier molecular flexibility index (Phi) is 6.31. The number of carboxylic acids is 1. The predicted octanol–water partition coefficient (Wildman–Crippen LogP) is 3.13. The van der Waals surface area contributed by atoms with Crippen molar-refractivity contribution in [1.82, 2.24) is 15.5 Å². The topological polar surface area (TPSA) is 105 Å². The van der Waals surface area contributed by atoms with Crippen LogP contribution in [0.2, 0.25) is 0 Å². The van der Waals surface area contributed by atoms with Crippen molar-refractivity contribution in [2.45, 2.75) is 31.9 Å². The Bertz CT molecular complexity index is 757. The van der Waals surface area contributed by atoms with Crippen molar-refractivity contribution in [2.24, 2.45) is 0 Å². The number of nitrogens with one attached hydrogen (secondary N) is 1. The summed E-state index contributed by atoms with van der Waals surface area (Å²) in [5.41, 5.74) is 0.619. The van der Waals surface area contributed by atoms with Gasteiger partial charge in [0.05, 0.1) is 0 Å². The Hall–Kier alpha value is -2.91. The highest BCUT2D eigenvalue weighted by atomic mass is 19.4. The van der Waals surface area contributed by atoms with Crippen molar-refractivity contribution in [3.8, 4) is 11.4 Å². The monoisotopic (exact) mass is 371 g/mol. The first-order chi connectivity index (χ1) is 12.3. The Morgan fingerprint density at radius 2 is 1.81 bits per heavy atom. The molecule has 2 aromatic rings. The summed E-state index contributed by atoms with van der Waals surface area (Å²) < 4.78 is 41.5. The van der Waals surface area contributed by atoms with E-state index in [0.717, 1.165) is 0 Å². The average Bonchev–Trinajstić information content (AvgIpc) is 3.08. The van der Waals surface area contributed by atoms with Gasteiger partial charge in [0.2, 0.25) is 5.82 Å². The van der Waals surface area contributed by atoms with Crippen molar-refractivity contribution in [1.29, 1.82) is 0 Å². The maximum absolute atomic E-state index is 12.4. The van der Waals surface area contributed by atoms with Crippen LogP contribution in [0, 0.1) is 0 Å². The zero-order valence-electron chi connectivity index (χ0n) is 13.5. The molecule has 0 bridgehead atoms. The zero-order chi connectivity index (χ0) is 19.2. The second kappa shape index (κ2) is 8.45. The number of carbonyl (C=O) groups is 2. The fourth-order valence-electron chi connectivity index (χ4n) is 2.11. The van der Waals surface area contributed by atoms with Crippen molar-refractivity contribution in [2.75, 3.05) is 6.54 Å². The molecule has 2 N–H and O–H groups in total. The number of unbranched alkanes of at least 4 members (excludes halogenated alkanes) is 2. The van der Waals surface area contributed by atoms with E-state index in [1.165, 1.54) is 24.3 Å². The van der Waals surface area contributed by atoms with E-state index in [4.69, 9.17) is 5.11 Å². The highest BCUT2D eigenvalue weighted by Gasteiger charge is 2.38. The fraction of sp³-hybridized carbons (Fsp3) is 0.375. The van der Waals surface area contributed by atoms with Gasteiger partial charge in [0.25, 0.3) is 5.91 Å². The van der Waals surface area contributed by atoms with Crippen LogP contribution < -0.4 is 5.32 Å². The van der Waals surface area contributed by atoms with Gasteiger partial charge in [-0.05, 0) is 25.0 Å². The third-order valence-electron chi connectivity index (χ3n) is 3.43. The van der Waals surface area contributed by atoms with Gasteiger partial charge in [0.15, 0.2) is 0 Å². The molecule has 0 saturated carbocycles. The van der Waals surface area contributed by atoms with Crippen molar-refractivity contribution >= 4 is 11.9 Å². The van der Waals surface area contributed by atoms with Gasteiger partial charge >= 0.3 is 18.0 Å². The molecule has 1 aromatic carbocycles. The number of carboxylic acid groups (broad SMARTS) is 1. The molecule has 1 amide bonds. The van der Waals surface area contributed by atoms with Crippen LogP contribution in [0.1, 0.15) is 41.9 Å². The molecule has 1 heterocycles. The second-order valence-corrected chi connectivity index (χ2v) is 5.46. The number of hydrogen-bond donors (Lipinski definition) is 2. The molecular weight excluding hydrogens is 355 g/mol. The Morgan fingerprint density at radius 1 is 1.12 bits per heavy atom. The number of halogens is 3. The van der Waals surface area contributed by atoms with Crippen molar-refractivity contribution < 1.29 is 32.4 Å². The molecule has 0 saturated heterocycles. The average molecular weight is 371 g/mol. The Morgan fingerprint density at radius 3 is 2.38 bits per heavy atom. The number of aromatic nitrogens is 2. The largest absolute Gasteiger partial charge is 0.481 e. The molecule has 2 rings (SSSR count). The lowest BCUT2D eigenvalue weighted by molar-refractivity contribution is -0.159. The lowest BCUT2D eigenvalue weighted by atomic mass is 10.1. The van der Waals surface area contributed by atoms with Gasteiger partial charge in [-0.3, -0.25) is 9.59 Å². The number of rotatable bonds is 8. The maximum Gasteiger partial charge on any atom is 0.471 e. The molecule has 0 spiro atoms. The third kappa shape index (κ3) is 5.57. The van der Waals surface area contributed by atoms with E-state index < -0.39 is 18.0 Å². The third-order valence-corrected chi connectivity index (χ3v) is 3.43. The summed E-state index contributed by atoms with van der Waals surface area (Å²) in [4.78, 5) is 25.6. The van der Waals surface area contributed by atoms with E-state index >= 15 is 0 Å². The van der Waals surface area contributed by atoms with Gasteiger partial charge in [-0.15, -0.1) is 0 Å². The molecule has 140 valence electrons. The lowest BCUT2D eigenvalue weighted by Gasteiger charge is -2.05. The quantitative estimate of drug-likeness (QED) is 0.691. The van der Waals surface area contributed by atoms with Gasteiger partial charge in [-0.25, -0.2) is 0 Å². The molecule has 0 fully saturated rings. The van der Waals surface area contributed by atoms with Gasteiger partial charge < -0.3 is 14.9 Å². The van der Waals surface area contributed by atoms with E-state index in [9.17, 15) is 22.8 Å². The molecule has 0 unspecified atom stereocenters. The maximum atomic E-state index is 12.4. The summed E-state index contributed by atoms with van der Waals surface area (Å²) in [6, 6.07) is 5.73. The number of amides is 1. The van der Waals surface area contributed by atoms with Crippen molar-refractivity contribution in [3.05, 3.63) is 35.7 Å². The second-order valence-electron chi connectivity index (χ2n) is 5.46. The summed E-state index contributed by atoms with van der Waals surface area (Å²) in [5, 5.41) is 14.5. The van der Waals surface area contributed by atoms with E-state index in [-0.39, 0.29) is 23.7 Å². The molecule has 7 nitrogen and oxygen atoms in total. The summed E-state index contributed by atoms with van der Waals surface area (Å²) in [6.07, 6.45) is -2.73. The van der Waals surface area contributed by atoms with E-state index in [0.29, 0.717) is 31.4 Å². The van der Waals surface area contributed by atoms with Crippen LogP contribution in [-0.4, -0.2) is 33.7 Å². The first-order valence-corrected chi connectivity index (χ1v) is 7.78. The number of alkyl halides is 3. The number of hydrogen-bond acceptors (Lipinski definition) is 5. The minimum Gasteiger partial charge on any atom is -0.481 e. The Labute approximate surface area is 146 Å². The van der Waals surface area contributed by atoms with Gasteiger partial charge in [0.1, 0.15) is 0 Å². The first-order valence-electron chi connectivity index (χ1n) is 7.78. The van der Waals surface area contributed by atoms with Crippen molar-refractivity contribution in [3.63, 3.8) is 0 Å². The predicted molar refractivity (Wildman–Crippen MR) is 83.2 cm³/mol. The van der Waals surface area contributed by atoms with Crippen LogP contribution in [0.5, 0.6) is 0 Å². The highest BCUT2D eigenvalue weighted by molar-refractivity contribution is 5.94. The number of nitrogens with zero attached hydrogens (tertiary/aromatic N) is 2. The van der Waals surface area contributed by atoms with Gasteiger partial charge in [-0.2, -0.15) is 18.2 Å². The van der Waals surface area contributed by atoms with Crippen LogP contribution in [-0.2, 0) is 11.0 Å². The van der Waals surface area contributed by atoms with Gasteiger partial charge in [-0.1, -0.05) is 23.7 Å². The van der Waals surface area contributed by atoms with E-state index in [2.05, 4.69) is 20.0 Å². The van der Waals surface area contributed by atoms with Crippen LogP contribution in [0.4, 0.5) is 13.2 Å². The van der Waals surface area contributed by atoms with Gasteiger partial charge in [0, 0.05) is 24.1 Å². The van der Waals surface area contributed by atoms with Crippen LogP contribution in [0.15, 0.2) is 28.8 Å². The first kappa shape index (κ1) is 19.4. The lowest BCUT2D eigenvalue weighted by Crippen LogP contribution is -2.24. The number of carbonyl (C=O) groups excluding carboxylic acids is 1.